The van der Waals surface area contributed by atoms with Gasteiger partial charge in [-0.05, 0) is 77.3 Å². The van der Waals surface area contributed by atoms with Gasteiger partial charge in [0.25, 0.3) is 0 Å². The summed E-state index contributed by atoms with van der Waals surface area (Å²) in [5.41, 5.74) is 7.04. The van der Waals surface area contributed by atoms with Gasteiger partial charge in [-0.1, -0.05) is 53.8 Å². The minimum atomic E-state index is 0. The van der Waals surface area contributed by atoms with E-state index in [1.165, 1.54) is 28.7 Å². The van der Waals surface area contributed by atoms with Crippen molar-refractivity contribution in [2.24, 2.45) is 5.92 Å². The van der Waals surface area contributed by atoms with E-state index in [9.17, 15) is 0 Å². The van der Waals surface area contributed by atoms with E-state index in [-0.39, 0.29) is 35.5 Å². The van der Waals surface area contributed by atoms with Crippen molar-refractivity contribution in [3.8, 4) is 11.5 Å². The summed E-state index contributed by atoms with van der Waals surface area (Å²) < 4.78 is 17.3. The number of hydrogen-bond acceptors (Lipinski definition) is 6. The fourth-order valence-corrected chi connectivity index (χ4v) is 6.01. The number of hydrogen-bond donors (Lipinski definition) is 1. The smallest absolute Gasteiger partial charge is 0.126 e. The second-order valence-electron chi connectivity index (χ2n) is 9.46. The number of ether oxygens (including phenoxy) is 2. The molecular weight excluding hydrogens is 471 g/mol. The molecule has 1 fully saturated rings. The Labute approximate surface area is 237 Å². The van der Waals surface area contributed by atoms with Gasteiger partial charge in [0.05, 0.1) is 13.2 Å². The van der Waals surface area contributed by atoms with Gasteiger partial charge in [-0.25, -0.2) is 5.26 Å². The first-order valence-corrected chi connectivity index (χ1v) is 13.0. The molecule has 0 amide bonds. The zero-order chi connectivity index (χ0) is 24.7. The second kappa shape index (κ2) is 14.9. The fourth-order valence-electron chi connectivity index (χ4n) is 5.18. The van der Waals surface area contributed by atoms with Gasteiger partial charge in [0.1, 0.15) is 11.5 Å². The minimum Gasteiger partial charge on any atom is -0.493 e. The van der Waals surface area contributed by atoms with Crippen molar-refractivity contribution in [2.45, 2.75) is 77.9 Å². The van der Waals surface area contributed by atoms with Crippen LogP contribution in [0.2, 0.25) is 0 Å². The first-order chi connectivity index (χ1) is 16.3. The largest absolute Gasteiger partial charge is 0.493 e. The van der Waals surface area contributed by atoms with Gasteiger partial charge in [0.2, 0.25) is 0 Å². The van der Waals surface area contributed by atoms with Gasteiger partial charge in [-0.15, -0.1) is 4.33 Å². The standard InChI is InChI=1S/C28H38O5S.Na/c1-7-12-30-27-20(4)14-18(2)16-24(27)22(6)25-17-19(3)15-21(5)28(25)31-13-11-23-9-8-10-26(23)34-33-32-29;/h1,14-17,22-23,26,29H,7-13H2,2-6H3;. The molecular formula is C28H38NaO5S. The molecule has 3 radical (unpaired) electrons. The zero-order valence-electron chi connectivity index (χ0n) is 22.1. The Hall–Kier alpha value is -0.730. The molecule has 3 atom stereocenters. The maximum Gasteiger partial charge on any atom is 0.126 e. The summed E-state index contributed by atoms with van der Waals surface area (Å²) in [4.78, 5) is 0. The minimum absolute atomic E-state index is 0. The Bertz CT molecular complexity index is 951. The number of benzene rings is 2. The van der Waals surface area contributed by atoms with Crippen molar-refractivity contribution < 1.29 is 24.1 Å². The first-order valence-electron chi connectivity index (χ1n) is 12.2. The van der Waals surface area contributed by atoms with E-state index in [4.69, 9.17) is 26.0 Å². The van der Waals surface area contributed by atoms with Gasteiger partial charge in [-0.2, -0.15) is 0 Å². The molecule has 0 bridgehead atoms. The molecule has 0 heterocycles. The Morgan fingerprint density at radius 1 is 0.943 bits per heavy atom. The predicted molar refractivity (Wildman–Crippen MR) is 143 cm³/mol. The normalized spacial score (nSPS) is 18.3. The predicted octanol–water partition coefficient (Wildman–Crippen LogP) is 7.18. The summed E-state index contributed by atoms with van der Waals surface area (Å²) in [5.74, 6) is 2.46. The summed E-state index contributed by atoms with van der Waals surface area (Å²) in [5, 5.41) is 12.6. The van der Waals surface area contributed by atoms with E-state index in [1.54, 1.807) is 0 Å². The molecule has 2 aromatic rings. The average molecular weight is 510 g/mol. The molecule has 187 valence electrons. The third-order valence-electron chi connectivity index (χ3n) is 6.71. The van der Waals surface area contributed by atoms with Gasteiger partial charge < -0.3 is 9.47 Å². The van der Waals surface area contributed by atoms with Crippen molar-refractivity contribution in [1.82, 2.24) is 0 Å². The van der Waals surface area contributed by atoms with Crippen molar-refractivity contribution in [1.29, 1.82) is 0 Å². The Balaban J connectivity index is 0.00000432. The monoisotopic (exact) mass is 509 g/mol. The molecule has 3 unspecified atom stereocenters. The Kier molecular flexibility index (Phi) is 13.0. The van der Waals surface area contributed by atoms with Crippen LogP contribution < -0.4 is 9.47 Å². The summed E-state index contributed by atoms with van der Waals surface area (Å²) in [7, 11) is 0. The van der Waals surface area contributed by atoms with E-state index >= 15 is 0 Å². The summed E-state index contributed by atoms with van der Waals surface area (Å²) >= 11 is 1.21. The van der Waals surface area contributed by atoms with E-state index < -0.39 is 0 Å². The molecule has 1 N–H and O–H groups in total. The summed E-state index contributed by atoms with van der Waals surface area (Å²) in [6, 6.07) is 8.79. The molecule has 1 saturated carbocycles. The van der Waals surface area contributed by atoms with Crippen LogP contribution >= 0.6 is 12.0 Å². The van der Waals surface area contributed by atoms with Crippen LogP contribution in [0.15, 0.2) is 24.3 Å². The molecule has 3 rings (SSSR count). The third kappa shape index (κ3) is 8.13. The summed E-state index contributed by atoms with van der Waals surface area (Å²) in [6.07, 6.45) is 4.76. The van der Waals surface area contributed by atoms with Crippen LogP contribution in [0.5, 0.6) is 11.5 Å². The van der Waals surface area contributed by atoms with Gasteiger partial charge in [0.15, 0.2) is 0 Å². The maximum absolute atomic E-state index is 8.49. The van der Waals surface area contributed by atoms with E-state index in [0.717, 1.165) is 53.9 Å². The van der Waals surface area contributed by atoms with E-state index in [2.05, 4.69) is 63.9 Å². The molecule has 35 heavy (non-hydrogen) atoms. The second-order valence-corrected chi connectivity index (χ2v) is 10.4. The average Bonchev–Trinajstić information content (AvgIpc) is 3.24. The SMILES string of the molecule is [CH]CCOc1c(C)cc(C)cc1C(C)c1cc(C)cc(C)c1OCCC1CCCC1SOOO.[Na]. The van der Waals surface area contributed by atoms with Crippen LogP contribution in [0, 0.1) is 40.5 Å². The van der Waals surface area contributed by atoms with Crippen LogP contribution in [-0.4, -0.2) is 53.3 Å². The first kappa shape index (κ1) is 30.5. The van der Waals surface area contributed by atoms with Crippen LogP contribution in [0.25, 0.3) is 0 Å². The number of aryl methyl sites for hydroxylation is 4. The molecule has 0 aliphatic heterocycles. The molecule has 0 saturated heterocycles. The third-order valence-corrected chi connectivity index (χ3v) is 7.72. The zero-order valence-corrected chi connectivity index (χ0v) is 24.9. The Morgan fingerprint density at radius 3 is 2.06 bits per heavy atom. The van der Waals surface area contributed by atoms with Crippen LogP contribution in [-0.2, 0) is 9.37 Å². The van der Waals surface area contributed by atoms with Crippen molar-refractivity contribution in [2.75, 3.05) is 13.2 Å². The van der Waals surface area contributed by atoms with E-state index in [0.29, 0.717) is 30.8 Å². The van der Waals surface area contributed by atoms with Crippen LogP contribution in [0.4, 0.5) is 0 Å². The fraction of sp³-hybridized carbons (Fsp3) is 0.536. The molecule has 1 aliphatic carbocycles. The van der Waals surface area contributed by atoms with E-state index in [1.807, 2.05) is 0 Å². The molecule has 1 aliphatic rings. The van der Waals surface area contributed by atoms with Gasteiger partial charge >= 0.3 is 0 Å². The molecule has 7 heteroatoms. The molecule has 5 nitrogen and oxygen atoms in total. The number of rotatable bonds is 12. The molecule has 0 aromatic heterocycles. The quantitative estimate of drug-likeness (QED) is 0.142. The molecule has 0 spiro atoms. The van der Waals surface area contributed by atoms with Gasteiger partial charge in [-0.3, -0.25) is 0 Å². The Morgan fingerprint density at radius 2 is 1.51 bits per heavy atom. The van der Waals surface area contributed by atoms with Crippen molar-refractivity contribution in [3.63, 3.8) is 0 Å². The van der Waals surface area contributed by atoms with Crippen molar-refractivity contribution in [3.05, 3.63) is 64.6 Å². The summed E-state index contributed by atoms with van der Waals surface area (Å²) in [6.45, 7) is 17.5. The topological polar surface area (TPSA) is 57.2 Å². The maximum atomic E-state index is 8.49. The van der Waals surface area contributed by atoms with Crippen LogP contribution in [0.3, 0.4) is 0 Å². The molecule has 2 aromatic carbocycles. The van der Waals surface area contributed by atoms with Crippen LogP contribution in [0.1, 0.15) is 78.3 Å². The van der Waals surface area contributed by atoms with Crippen molar-refractivity contribution >= 4 is 41.6 Å². The van der Waals surface area contributed by atoms with Gasteiger partial charge in [0, 0.05) is 63.9 Å².